The van der Waals surface area contributed by atoms with Crippen molar-refractivity contribution in [2.45, 2.75) is 19.1 Å². The van der Waals surface area contributed by atoms with Gasteiger partial charge in [0.1, 0.15) is 28.1 Å². The van der Waals surface area contributed by atoms with Crippen molar-refractivity contribution < 1.29 is 27.5 Å². The summed E-state index contributed by atoms with van der Waals surface area (Å²) in [4.78, 5) is 35.3. The smallest absolute Gasteiger partial charge is 0.418 e. The largest absolute Gasteiger partial charge is 0.490 e. The predicted molar refractivity (Wildman–Crippen MR) is 125 cm³/mol. The first-order valence-electron chi connectivity index (χ1n) is 10.3. The summed E-state index contributed by atoms with van der Waals surface area (Å²) in [5.74, 6) is -0.713. The second-order valence-corrected chi connectivity index (χ2v) is 9.18. The number of thiazole rings is 1. The Morgan fingerprint density at radius 2 is 1.97 bits per heavy atom. The normalized spacial score (nSPS) is 14.1. The number of fused-ring (bicyclic) bond motifs is 1. The van der Waals surface area contributed by atoms with Gasteiger partial charge in [0.05, 0.1) is 35.1 Å². The number of halogens is 4. The van der Waals surface area contributed by atoms with Crippen LogP contribution >= 0.6 is 22.9 Å². The first-order chi connectivity index (χ1) is 16.5. The van der Waals surface area contributed by atoms with E-state index in [1.165, 1.54) is 6.20 Å². The number of nitrogens with zero attached hydrogens (tertiary/aromatic N) is 3. The third kappa shape index (κ3) is 5.49. The third-order valence-electron chi connectivity index (χ3n) is 5.19. The zero-order chi connectivity index (χ0) is 25.3. The van der Waals surface area contributed by atoms with Gasteiger partial charge in [-0.1, -0.05) is 11.6 Å². The number of amides is 2. The average molecular weight is 526 g/mol. The van der Waals surface area contributed by atoms with Crippen molar-refractivity contribution in [2.24, 2.45) is 0 Å². The lowest BCUT2D eigenvalue weighted by molar-refractivity contribution is -0.137. The van der Waals surface area contributed by atoms with Gasteiger partial charge in [0.25, 0.3) is 11.8 Å². The molecule has 184 valence electrons. The van der Waals surface area contributed by atoms with Gasteiger partial charge >= 0.3 is 6.18 Å². The van der Waals surface area contributed by atoms with Crippen LogP contribution in [0, 0.1) is 0 Å². The summed E-state index contributed by atoms with van der Waals surface area (Å²) >= 11 is 6.55. The Balaban J connectivity index is 1.42. The van der Waals surface area contributed by atoms with Crippen LogP contribution < -0.4 is 20.3 Å². The van der Waals surface area contributed by atoms with E-state index in [1.54, 1.807) is 19.1 Å². The second kappa shape index (κ2) is 9.70. The van der Waals surface area contributed by atoms with Crippen LogP contribution in [0.5, 0.6) is 5.75 Å². The van der Waals surface area contributed by atoms with Gasteiger partial charge in [-0.3, -0.25) is 9.59 Å². The minimum Gasteiger partial charge on any atom is -0.490 e. The fraction of sp³-hybridized carbons (Fsp3) is 0.273. The summed E-state index contributed by atoms with van der Waals surface area (Å²) in [6.07, 6.45) is -2.59. The molecule has 13 heteroatoms. The highest BCUT2D eigenvalue weighted by atomic mass is 35.5. The van der Waals surface area contributed by atoms with Gasteiger partial charge in [-0.15, -0.1) is 11.3 Å². The number of pyridine rings is 1. The van der Waals surface area contributed by atoms with Gasteiger partial charge in [-0.05, 0) is 31.2 Å². The van der Waals surface area contributed by atoms with E-state index in [9.17, 15) is 22.8 Å². The highest BCUT2D eigenvalue weighted by molar-refractivity contribution is 7.13. The van der Waals surface area contributed by atoms with Crippen molar-refractivity contribution in [3.05, 3.63) is 62.7 Å². The number of alkyl halides is 3. The molecule has 35 heavy (non-hydrogen) atoms. The Labute approximate surface area is 207 Å². The molecular weight excluding hydrogens is 507 g/mol. The Morgan fingerprint density at radius 1 is 1.20 bits per heavy atom. The molecule has 0 saturated carbocycles. The van der Waals surface area contributed by atoms with E-state index in [4.69, 9.17) is 16.3 Å². The van der Waals surface area contributed by atoms with Crippen molar-refractivity contribution >= 4 is 46.3 Å². The number of carbonyl (C=O) groups is 2. The minimum absolute atomic E-state index is 0.136. The molecule has 1 aliphatic heterocycles. The highest BCUT2D eigenvalue weighted by Crippen LogP contribution is 2.35. The lowest BCUT2D eigenvalue weighted by atomic mass is 10.1. The van der Waals surface area contributed by atoms with E-state index >= 15 is 0 Å². The first-order valence-corrected chi connectivity index (χ1v) is 11.5. The summed E-state index contributed by atoms with van der Waals surface area (Å²) in [5.41, 5.74) is 0.202. The number of hydrogen-bond donors (Lipinski definition) is 2. The van der Waals surface area contributed by atoms with Crippen molar-refractivity contribution in [3.63, 3.8) is 0 Å². The van der Waals surface area contributed by atoms with Crippen LogP contribution in [0.2, 0.25) is 5.02 Å². The highest BCUT2D eigenvalue weighted by Gasteiger charge is 2.34. The van der Waals surface area contributed by atoms with E-state index in [0.717, 1.165) is 29.8 Å². The number of ether oxygens (including phenoxy) is 1. The van der Waals surface area contributed by atoms with Crippen LogP contribution in [0.4, 0.5) is 24.7 Å². The monoisotopic (exact) mass is 525 g/mol. The number of carbonyl (C=O) groups excluding carboxylic acids is 2. The van der Waals surface area contributed by atoms with Gasteiger partial charge in [0.15, 0.2) is 0 Å². The summed E-state index contributed by atoms with van der Waals surface area (Å²) in [6, 6.07) is 5.31. The van der Waals surface area contributed by atoms with Crippen LogP contribution in [0.25, 0.3) is 0 Å². The van der Waals surface area contributed by atoms with E-state index in [2.05, 4.69) is 20.6 Å². The van der Waals surface area contributed by atoms with Crippen LogP contribution in [0.1, 0.15) is 43.6 Å². The summed E-state index contributed by atoms with van der Waals surface area (Å²) < 4.78 is 44.7. The van der Waals surface area contributed by atoms with Crippen LogP contribution in [-0.2, 0) is 6.18 Å². The Kier molecular flexibility index (Phi) is 6.86. The van der Waals surface area contributed by atoms with Gasteiger partial charge < -0.3 is 20.3 Å². The van der Waals surface area contributed by atoms with E-state index in [0.29, 0.717) is 29.0 Å². The molecule has 4 rings (SSSR count). The van der Waals surface area contributed by atoms with E-state index < -0.39 is 28.7 Å². The lowest BCUT2D eigenvalue weighted by Crippen LogP contribution is -2.30. The molecule has 1 aromatic carbocycles. The molecule has 0 spiro atoms. The summed E-state index contributed by atoms with van der Waals surface area (Å²) in [5, 5.41) is 5.00. The zero-order valence-corrected chi connectivity index (χ0v) is 20.0. The molecule has 3 aromatic rings. The third-order valence-corrected chi connectivity index (χ3v) is 6.67. The van der Waals surface area contributed by atoms with Gasteiger partial charge in [-0.2, -0.15) is 13.2 Å². The van der Waals surface area contributed by atoms with Crippen LogP contribution in [0.15, 0.2) is 36.7 Å². The van der Waals surface area contributed by atoms with E-state index in [1.807, 2.05) is 18.0 Å². The molecule has 1 atom stereocenters. The number of benzene rings is 1. The topological polar surface area (TPSA) is 96.5 Å². The molecule has 0 unspecified atom stereocenters. The molecule has 0 aliphatic carbocycles. The predicted octanol–water partition coefficient (Wildman–Crippen LogP) is 4.78. The van der Waals surface area contributed by atoms with Crippen LogP contribution in [-0.4, -0.2) is 42.0 Å². The molecule has 0 saturated heterocycles. The zero-order valence-electron chi connectivity index (χ0n) is 18.4. The standard InChI is InChI=1S/C22H19ClF3N5O3S/c1-11(29-19(32)12-3-4-15-16(7-12)34-6-5-31(15)2)21-28-10-17(35-21)20(33)30-18-8-13(22(24,25)26)14(23)9-27-18/h3-4,7-11H,5-6H2,1-2H3,(H,29,32)(H,27,30,33)/t11-/m1/s1. The van der Waals surface area contributed by atoms with Crippen LogP contribution in [0.3, 0.4) is 0 Å². The molecule has 8 nitrogen and oxygen atoms in total. The van der Waals surface area contributed by atoms with E-state index in [-0.39, 0.29) is 16.6 Å². The van der Waals surface area contributed by atoms with Crippen molar-refractivity contribution in [2.75, 3.05) is 30.4 Å². The number of rotatable bonds is 5. The molecule has 3 heterocycles. The number of nitrogens with one attached hydrogen (secondary N) is 2. The molecule has 0 radical (unpaired) electrons. The van der Waals surface area contributed by atoms with Crippen molar-refractivity contribution in [1.29, 1.82) is 0 Å². The average Bonchev–Trinajstić information content (AvgIpc) is 3.30. The second-order valence-electron chi connectivity index (χ2n) is 7.71. The lowest BCUT2D eigenvalue weighted by Gasteiger charge is -2.27. The Bertz CT molecular complexity index is 1280. The number of aromatic nitrogens is 2. The Hall–Kier alpha value is -3.38. The van der Waals surface area contributed by atoms with Gasteiger partial charge in [-0.25, -0.2) is 9.97 Å². The first kappa shape index (κ1) is 24.7. The summed E-state index contributed by atoms with van der Waals surface area (Å²) in [6.45, 7) is 2.99. The Morgan fingerprint density at radius 3 is 2.71 bits per heavy atom. The molecule has 0 bridgehead atoms. The summed E-state index contributed by atoms with van der Waals surface area (Å²) in [7, 11) is 1.94. The van der Waals surface area contributed by atoms with Crippen molar-refractivity contribution in [3.8, 4) is 5.75 Å². The maximum absolute atomic E-state index is 13.0. The number of hydrogen-bond acceptors (Lipinski definition) is 7. The quantitative estimate of drug-likeness (QED) is 0.497. The molecular formula is C22H19ClF3N5O3S. The van der Waals surface area contributed by atoms with Gasteiger partial charge in [0, 0.05) is 18.8 Å². The molecule has 0 fully saturated rings. The number of likely N-dealkylation sites (N-methyl/N-ethyl adjacent to an activating group) is 1. The molecule has 1 aliphatic rings. The van der Waals surface area contributed by atoms with Gasteiger partial charge in [0.2, 0.25) is 0 Å². The fourth-order valence-electron chi connectivity index (χ4n) is 3.34. The number of anilines is 2. The fourth-order valence-corrected chi connectivity index (χ4v) is 4.36. The maximum Gasteiger partial charge on any atom is 0.418 e. The molecule has 2 aromatic heterocycles. The molecule has 2 amide bonds. The maximum atomic E-state index is 13.0. The minimum atomic E-state index is -4.69. The molecule has 2 N–H and O–H groups in total. The van der Waals surface area contributed by atoms with Crippen molar-refractivity contribution in [1.82, 2.24) is 15.3 Å². The SMILES string of the molecule is C[C@@H](NC(=O)c1ccc2c(c1)OCCN2C)c1ncc(C(=O)Nc2cc(C(F)(F)F)c(Cl)cn2)s1.